The average Bonchev–Trinajstić information content (AvgIpc) is 3.10. The Kier molecular flexibility index (Phi) is 9.11. The topological polar surface area (TPSA) is 6.48 Å². The van der Waals surface area contributed by atoms with E-state index in [-0.39, 0.29) is 0 Å². The third-order valence-electron chi connectivity index (χ3n) is 9.32. The molecule has 2 nitrogen and oxygen atoms in total. The normalized spacial score (nSPS) is 11.0. The molecule has 0 radical (unpaired) electrons. The second-order valence-corrected chi connectivity index (χ2v) is 13.7. The number of anilines is 6. The highest BCUT2D eigenvalue weighted by molar-refractivity contribution is 5.81. The molecule has 7 rings (SSSR count). The molecule has 0 saturated carbocycles. The summed E-state index contributed by atoms with van der Waals surface area (Å²) in [5.74, 6) is 0. The van der Waals surface area contributed by atoms with Gasteiger partial charge >= 0.3 is 0 Å². The maximum Gasteiger partial charge on any atom is 0.0466 e. The molecule has 0 fully saturated rings. The van der Waals surface area contributed by atoms with Crippen LogP contribution in [0.15, 0.2) is 158 Å². The number of hydrogen-bond acceptors (Lipinski definition) is 2. The van der Waals surface area contributed by atoms with Crippen molar-refractivity contribution in [3.05, 3.63) is 191 Å². The molecule has 0 unspecified atom stereocenters. The first kappa shape index (κ1) is 32.7. The molecule has 7 aromatic rings. The molecule has 246 valence electrons. The molecule has 0 saturated heterocycles. The zero-order valence-electron chi connectivity index (χ0n) is 29.9. The summed E-state index contributed by atoms with van der Waals surface area (Å²) in [6.07, 6.45) is 0. The van der Waals surface area contributed by atoms with Gasteiger partial charge in [-0.3, -0.25) is 0 Å². The quantitative estimate of drug-likeness (QED) is 0.162. The van der Waals surface area contributed by atoms with Crippen LogP contribution < -0.4 is 9.80 Å². The van der Waals surface area contributed by atoms with E-state index in [0.29, 0.717) is 0 Å². The van der Waals surface area contributed by atoms with Crippen molar-refractivity contribution in [1.29, 1.82) is 0 Å². The molecule has 0 N–H and O–H groups in total. The maximum absolute atomic E-state index is 2.34. The summed E-state index contributed by atoms with van der Waals surface area (Å²) in [4.78, 5) is 4.69. The lowest BCUT2D eigenvalue weighted by molar-refractivity contribution is 1.25. The summed E-state index contributed by atoms with van der Waals surface area (Å²) < 4.78 is 0. The number of benzene rings is 7. The van der Waals surface area contributed by atoms with Crippen LogP contribution in [0.25, 0.3) is 22.3 Å². The fourth-order valence-corrected chi connectivity index (χ4v) is 6.90. The van der Waals surface area contributed by atoms with Gasteiger partial charge in [0.15, 0.2) is 0 Å². The van der Waals surface area contributed by atoms with Gasteiger partial charge in [-0.15, -0.1) is 0 Å². The van der Waals surface area contributed by atoms with E-state index in [9.17, 15) is 0 Å². The zero-order chi connectivity index (χ0) is 34.8. The van der Waals surface area contributed by atoms with Gasteiger partial charge in [0.05, 0.1) is 0 Å². The van der Waals surface area contributed by atoms with Crippen LogP contribution >= 0.6 is 0 Å². The van der Waals surface area contributed by atoms with Gasteiger partial charge in [0.2, 0.25) is 0 Å². The number of nitrogens with zero attached hydrogens (tertiary/aromatic N) is 2. The van der Waals surface area contributed by atoms with Crippen LogP contribution in [0.4, 0.5) is 34.1 Å². The molecule has 0 atom stereocenters. The molecule has 0 aliphatic rings. The summed E-state index contributed by atoms with van der Waals surface area (Å²) in [6, 6.07) is 57.8. The van der Waals surface area contributed by atoms with Crippen molar-refractivity contribution >= 4 is 34.1 Å². The monoisotopic (exact) mass is 648 g/mol. The van der Waals surface area contributed by atoms with Crippen molar-refractivity contribution in [2.75, 3.05) is 9.80 Å². The summed E-state index contributed by atoms with van der Waals surface area (Å²) >= 11 is 0. The number of aryl methyl sites for hydroxylation is 6. The third kappa shape index (κ3) is 7.11. The highest BCUT2D eigenvalue weighted by Gasteiger charge is 2.15. The Morgan fingerprint density at radius 1 is 0.220 bits per heavy atom. The lowest BCUT2D eigenvalue weighted by atomic mass is 9.99. The van der Waals surface area contributed by atoms with E-state index in [1.807, 2.05) is 0 Å². The minimum absolute atomic E-state index is 1.14. The fourth-order valence-electron chi connectivity index (χ4n) is 6.90. The smallest absolute Gasteiger partial charge is 0.0466 e. The second kappa shape index (κ2) is 13.9. The molecule has 0 aliphatic carbocycles. The van der Waals surface area contributed by atoms with E-state index in [2.05, 4.69) is 209 Å². The van der Waals surface area contributed by atoms with Crippen LogP contribution in [0, 0.1) is 41.5 Å². The number of rotatable bonds is 8. The van der Waals surface area contributed by atoms with Crippen molar-refractivity contribution in [1.82, 2.24) is 0 Å². The SMILES string of the molecule is Cc1ccc(N(c2ccc(-c3ccc(-c4ccc(N(c5ccc(C)cc5)c5cc(C)cc(C)c5)cc4)cc3)cc2)c2cc(C)cc(C)c2)cc1. The standard InChI is InChI=1S/C48H44N2/c1-33-7-19-43(20-8-33)49(47-29-35(3)27-36(4)30-47)45-23-15-41(16-24-45)39-11-13-40(14-12-39)42-17-25-46(26-18-42)50(44-21-9-34(2)10-22-44)48-31-37(5)28-38(6)32-48/h7-32H,1-6H3. The van der Waals surface area contributed by atoms with Gasteiger partial charge in [0.25, 0.3) is 0 Å². The molecule has 0 aliphatic heterocycles. The first-order valence-electron chi connectivity index (χ1n) is 17.4. The minimum Gasteiger partial charge on any atom is -0.310 e. The van der Waals surface area contributed by atoms with Crippen molar-refractivity contribution in [2.24, 2.45) is 0 Å². The Labute approximate surface area is 297 Å². The summed E-state index contributed by atoms with van der Waals surface area (Å²) in [6.45, 7) is 12.9. The largest absolute Gasteiger partial charge is 0.310 e. The van der Waals surface area contributed by atoms with Crippen LogP contribution in [0.3, 0.4) is 0 Å². The molecular formula is C48H44N2. The minimum atomic E-state index is 1.14. The van der Waals surface area contributed by atoms with Gasteiger partial charge in [-0.25, -0.2) is 0 Å². The van der Waals surface area contributed by atoms with Gasteiger partial charge < -0.3 is 9.80 Å². The molecule has 7 aromatic carbocycles. The van der Waals surface area contributed by atoms with Crippen LogP contribution in [-0.4, -0.2) is 0 Å². The molecule has 50 heavy (non-hydrogen) atoms. The highest BCUT2D eigenvalue weighted by atomic mass is 15.1. The predicted molar refractivity (Wildman–Crippen MR) is 215 cm³/mol. The van der Waals surface area contributed by atoms with Gasteiger partial charge in [-0.1, -0.05) is 96.1 Å². The molecule has 0 bridgehead atoms. The Hall–Kier alpha value is -5.86. The Bertz CT molecular complexity index is 2020. The van der Waals surface area contributed by atoms with Gasteiger partial charge in [-0.05, 0) is 159 Å². The first-order valence-corrected chi connectivity index (χ1v) is 17.4. The van der Waals surface area contributed by atoms with Crippen LogP contribution in [-0.2, 0) is 0 Å². The molecular weight excluding hydrogens is 605 g/mol. The van der Waals surface area contributed by atoms with Crippen LogP contribution in [0.5, 0.6) is 0 Å². The average molecular weight is 649 g/mol. The molecule has 2 heteroatoms. The molecule has 0 aromatic heterocycles. The van der Waals surface area contributed by atoms with E-state index >= 15 is 0 Å². The molecule has 0 spiro atoms. The van der Waals surface area contributed by atoms with E-state index in [4.69, 9.17) is 0 Å². The lowest BCUT2D eigenvalue weighted by Gasteiger charge is -2.26. The summed E-state index contributed by atoms with van der Waals surface area (Å²) in [5, 5.41) is 0. The van der Waals surface area contributed by atoms with E-state index in [1.165, 1.54) is 67.0 Å². The van der Waals surface area contributed by atoms with Gasteiger partial charge in [-0.2, -0.15) is 0 Å². The van der Waals surface area contributed by atoms with Gasteiger partial charge in [0, 0.05) is 34.1 Å². The third-order valence-corrected chi connectivity index (χ3v) is 9.32. The predicted octanol–water partition coefficient (Wildman–Crippen LogP) is 13.8. The van der Waals surface area contributed by atoms with E-state index in [0.717, 1.165) is 22.7 Å². The fraction of sp³-hybridized carbons (Fsp3) is 0.125. The number of hydrogen-bond donors (Lipinski definition) is 0. The Morgan fingerprint density at radius 2 is 0.440 bits per heavy atom. The molecule has 0 amide bonds. The van der Waals surface area contributed by atoms with Gasteiger partial charge in [0.1, 0.15) is 0 Å². The van der Waals surface area contributed by atoms with Crippen LogP contribution in [0.1, 0.15) is 33.4 Å². The van der Waals surface area contributed by atoms with Crippen LogP contribution in [0.2, 0.25) is 0 Å². The van der Waals surface area contributed by atoms with Crippen molar-refractivity contribution in [2.45, 2.75) is 41.5 Å². The second-order valence-electron chi connectivity index (χ2n) is 13.7. The van der Waals surface area contributed by atoms with Crippen molar-refractivity contribution in [3.8, 4) is 22.3 Å². The van der Waals surface area contributed by atoms with E-state index < -0.39 is 0 Å². The maximum atomic E-state index is 2.34. The van der Waals surface area contributed by atoms with E-state index in [1.54, 1.807) is 0 Å². The highest BCUT2D eigenvalue weighted by Crippen LogP contribution is 2.39. The Morgan fingerprint density at radius 3 is 0.700 bits per heavy atom. The van der Waals surface area contributed by atoms with Crippen molar-refractivity contribution in [3.63, 3.8) is 0 Å². The summed E-state index contributed by atoms with van der Waals surface area (Å²) in [5.41, 5.74) is 19.3. The zero-order valence-corrected chi connectivity index (χ0v) is 29.9. The Balaban J connectivity index is 1.15. The first-order chi connectivity index (χ1) is 24.2. The molecule has 0 heterocycles. The summed E-state index contributed by atoms with van der Waals surface area (Å²) in [7, 11) is 0. The van der Waals surface area contributed by atoms with Crippen molar-refractivity contribution < 1.29 is 0 Å². The lowest BCUT2D eigenvalue weighted by Crippen LogP contribution is -2.10.